The van der Waals surface area contributed by atoms with Crippen LogP contribution in [-0.4, -0.2) is 46.6 Å². The molecule has 0 aliphatic carbocycles. The minimum Gasteiger partial charge on any atom is -0.504 e. The molecule has 1 fully saturated rings. The third-order valence-corrected chi connectivity index (χ3v) is 3.27. The first kappa shape index (κ1) is 13.8. The Bertz CT molecular complexity index is 456. The van der Waals surface area contributed by atoms with Crippen molar-refractivity contribution in [3.05, 3.63) is 17.8 Å². The number of amides is 1. The Morgan fingerprint density at radius 3 is 2.89 bits per heavy atom. The van der Waals surface area contributed by atoms with Crippen LogP contribution < -0.4 is 11.1 Å². The maximum absolute atomic E-state index is 11.9. The van der Waals surface area contributed by atoms with E-state index in [9.17, 15) is 9.90 Å². The molecule has 0 atom stereocenters. The summed E-state index contributed by atoms with van der Waals surface area (Å²) in [7, 11) is 0. The van der Waals surface area contributed by atoms with Crippen LogP contribution >= 0.6 is 0 Å². The molecule has 0 spiro atoms. The number of nitrogens with zero attached hydrogens (tertiary/aromatic N) is 2. The Kier molecular flexibility index (Phi) is 4.34. The molecule has 6 heteroatoms. The molecule has 6 nitrogen and oxygen atoms in total. The summed E-state index contributed by atoms with van der Waals surface area (Å²) in [6.07, 6.45) is 1.84. The van der Waals surface area contributed by atoms with Crippen molar-refractivity contribution in [2.24, 2.45) is 5.73 Å². The predicted octanol–water partition coefficient (Wildman–Crippen LogP) is 0.457. The van der Waals surface area contributed by atoms with E-state index in [2.05, 4.69) is 15.2 Å². The predicted molar refractivity (Wildman–Crippen MR) is 72.9 cm³/mol. The summed E-state index contributed by atoms with van der Waals surface area (Å²) < 4.78 is 0. The molecule has 0 unspecified atom stereocenters. The van der Waals surface area contributed by atoms with Crippen LogP contribution in [0.25, 0.3) is 0 Å². The zero-order valence-corrected chi connectivity index (χ0v) is 11.1. The molecule has 1 aromatic heterocycles. The van der Waals surface area contributed by atoms with Crippen molar-refractivity contribution >= 4 is 11.7 Å². The van der Waals surface area contributed by atoms with Crippen molar-refractivity contribution in [1.82, 2.24) is 9.88 Å². The number of aromatic hydroxyl groups is 1. The summed E-state index contributed by atoms with van der Waals surface area (Å²) in [4.78, 5) is 18.0. The number of likely N-dealkylation sites (tertiary alicyclic amines) is 1. The molecule has 0 bridgehead atoms. The zero-order valence-electron chi connectivity index (χ0n) is 11.1. The Balaban J connectivity index is 1.89. The average Bonchev–Trinajstić information content (AvgIpc) is 2.37. The number of nitrogens with two attached hydrogens (primary N) is 1. The number of anilines is 1. The Morgan fingerprint density at radius 1 is 1.53 bits per heavy atom. The summed E-state index contributed by atoms with van der Waals surface area (Å²) >= 11 is 0. The van der Waals surface area contributed by atoms with Crippen LogP contribution in [-0.2, 0) is 4.79 Å². The topological polar surface area (TPSA) is 91.5 Å². The van der Waals surface area contributed by atoms with E-state index < -0.39 is 0 Å². The molecule has 0 saturated carbocycles. The molecule has 1 aromatic rings. The van der Waals surface area contributed by atoms with Gasteiger partial charge >= 0.3 is 0 Å². The van der Waals surface area contributed by atoms with E-state index in [4.69, 9.17) is 5.73 Å². The van der Waals surface area contributed by atoms with Gasteiger partial charge in [-0.1, -0.05) is 0 Å². The second-order valence-corrected chi connectivity index (χ2v) is 4.98. The summed E-state index contributed by atoms with van der Waals surface area (Å²) in [6.45, 7) is 3.78. The van der Waals surface area contributed by atoms with Crippen molar-refractivity contribution in [2.45, 2.75) is 25.8 Å². The summed E-state index contributed by atoms with van der Waals surface area (Å²) in [5, 5.41) is 12.3. The number of hydrogen-bond acceptors (Lipinski definition) is 5. The normalized spacial score (nSPS) is 17.4. The molecule has 19 heavy (non-hydrogen) atoms. The maximum atomic E-state index is 11.9. The first-order chi connectivity index (χ1) is 9.04. The molecule has 1 aliphatic rings. The van der Waals surface area contributed by atoms with Crippen molar-refractivity contribution in [1.29, 1.82) is 0 Å². The van der Waals surface area contributed by atoms with Crippen LogP contribution in [0.1, 0.15) is 18.5 Å². The first-order valence-corrected chi connectivity index (χ1v) is 6.49. The molecule has 104 valence electrons. The van der Waals surface area contributed by atoms with Gasteiger partial charge < -0.3 is 16.2 Å². The van der Waals surface area contributed by atoms with E-state index in [1.165, 1.54) is 6.07 Å². The van der Waals surface area contributed by atoms with Gasteiger partial charge in [0.25, 0.3) is 0 Å². The quantitative estimate of drug-likeness (QED) is 0.737. The number of piperidine rings is 1. The number of pyridine rings is 1. The molecule has 0 aromatic carbocycles. The molecule has 1 amide bonds. The average molecular weight is 264 g/mol. The Labute approximate surface area is 112 Å². The molecule has 1 saturated heterocycles. The highest BCUT2D eigenvalue weighted by atomic mass is 16.3. The van der Waals surface area contributed by atoms with Gasteiger partial charge in [0.1, 0.15) is 0 Å². The number of aryl methyl sites for hydroxylation is 1. The van der Waals surface area contributed by atoms with Gasteiger partial charge in [0, 0.05) is 24.8 Å². The number of carbonyl (C=O) groups excluding carboxylic acids is 1. The second-order valence-electron chi connectivity index (χ2n) is 4.98. The highest BCUT2D eigenvalue weighted by Crippen LogP contribution is 2.20. The van der Waals surface area contributed by atoms with Crippen LogP contribution in [0.3, 0.4) is 0 Å². The molecule has 4 N–H and O–H groups in total. The van der Waals surface area contributed by atoms with Crippen LogP contribution in [0.2, 0.25) is 0 Å². The van der Waals surface area contributed by atoms with Gasteiger partial charge in [-0.05, 0) is 31.9 Å². The number of hydrogen-bond donors (Lipinski definition) is 3. The smallest absolute Gasteiger partial charge is 0.239 e. The number of nitrogens with one attached hydrogen (secondary N) is 1. The van der Waals surface area contributed by atoms with Gasteiger partial charge in [0.2, 0.25) is 5.91 Å². The lowest BCUT2D eigenvalue weighted by Crippen LogP contribution is -2.43. The van der Waals surface area contributed by atoms with Gasteiger partial charge in [0.15, 0.2) is 11.6 Å². The van der Waals surface area contributed by atoms with Crippen LogP contribution in [0.4, 0.5) is 5.82 Å². The third-order valence-electron chi connectivity index (χ3n) is 3.27. The number of carbonyl (C=O) groups is 1. The largest absolute Gasteiger partial charge is 0.504 e. The Morgan fingerprint density at radius 2 is 2.21 bits per heavy atom. The molecule has 0 radical (unpaired) electrons. The lowest BCUT2D eigenvalue weighted by atomic mass is 10.1. The van der Waals surface area contributed by atoms with E-state index in [1.54, 1.807) is 13.0 Å². The minimum atomic E-state index is -0.163. The van der Waals surface area contributed by atoms with Gasteiger partial charge in [-0.25, -0.2) is 4.98 Å². The van der Waals surface area contributed by atoms with Gasteiger partial charge in [-0.3, -0.25) is 9.69 Å². The first-order valence-electron chi connectivity index (χ1n) is 6.49. The third kappa shape index (κ3) is 3.90. The van der Waals surface area contributed by atoms with E-state index in [1.807, 2.05) is 0 Å². The standard InChI is InChI=1S/C13H20N4O2/c1-9-2-3-11(18)13(15-9)16-12(19)8-17-6-4-10(14)5-7-17/h2-3,10,18H,4-8,14H2,1H3,(H,15,16,19). The van der Waals surface area contributed by atoms with E-state index >= 15 is 0 Å². The van der Waals surface area contributed by atoms with Crippen molar-refractivity contribution in [3.8, 4) is 5.75 Å². The summed E-state index contributed by atoms with van der Waals surface area (Å²) in [5.41, 5.74) is 6.56. The monoisotopic (exact) mass is 264 g/mol. The van der Waals surface area contributed by atoms with Crippen molar-refractivity contribution in [3.63, 3.8) is 0 Å². The van der Waals surface area contributed by atoms with E-state index in [-0.39, 0.29) is 23.5 Å². The number of rotatable bonds is 3. The second kappa shape index (κ2) is 5.99. The highest BCUT2D eigenvalue weighted by molar-refractivity contribution is 5.92. The minimum absolute atomic E-state index is 0.0142. The van der Waals surface area contributed by atoms with Gasteiger partial charge in [0.05, 0.1) is 6.54 Å². The van der Waals surface area contributed by atoms with E-state index in [0.717, 1.165) is 31.6 Å². The van der Waals surface area contributed by atoms with Crippen molar-refractivity contribution < 1.29 is 9.90 Å². The van der Waals surface area contributed by atoms with Crippen LogP contribution in [0.5, 0.6) is 5.75 Å². The van der Waals surface area contributed by atoms with Crippen LogP contribution in [0, 0.1) is 6.92 Å². The molecular weight excluding hydrogens is 244 g/mol. The Hall–Kier alpha value is -1.66. The molecule has 2 rings (SSSR count). The van der Waals surface area contributed by atoms with Gasteiger partial charge in [-0.2, -0.15) is 0 Å². The van der Waals surface area contributed by atoms with Crippen LogP contribution in [0.15, 0.2) is 12.1 Å². The molecule has 2 heterocycles. The SMILES string of the molecule is Cc1ccc(O)c(NC(=O)CN2CCC(N)CC2)n1. The van der Waals surface area contributed by atoms with Crippen molar-refractivity contribution in [2.75, 3.05) is 25.0 Å². The number of aromatic nitrogens is 1. The maximum Gasteiger partial charge on any atom is 0.239 e. The highest BCUT2D eigenvalue weighted by Gasteiger charge is 2.18. The zero-order chi connectivity index (χ0) is 13.8. The molecular formula is C13H20N4O2. The lowest BCUT2D eigenvalue weighted by molar-refractivity contribution is -0.117. The fourth-order valence-corrected chi connectivity index (χ4v) is 2.13. The summed E-state index contributed by atoms with van der Waals surface area (Å²) in [6, 6.07) is 3.47. The lowest BCUT2D eigenvalue weighted by Gasteiger charge is -2.29. The fraction of sp³-hybridized carbons (Fsp3) is 0.538. The van der Waals surface area contributed by atoms with Gasteiger partial charge in [-0.15, -0.1) is 0 Å². The molecule has 1 aliphatic heterocycles. The van der Waals surface area contributed by atoms with E-state index in [0.29, 0.717) is 6.54 Å². The summed E-state index contributed by atoms with van der Waals surface area (Å²) in [5.74, 6) is 0.0437. The fourth-order valence-electron chi connectivity index (χ4n) is 2.13.